The molecule has 0 bridgehead atoms. The van der Waals surface area contributed by atoms with Gasteiger partial charge in [-0.2, -0.15) is 4.39 Å². The number of aliphatic hydroxyl groups is 1. The Kier molecular flexibility index (Phi) is 12.7. The molecule has 0 spiro atoms. The molecule has 1 aliphatic heterocycles. The molecule has 1 fully saturated rings. The van der Waals surface area contributed by atoms with E-state index in [2.05, 4.69) is 6.92 Å². The van der Waals surface area contributed by atoms with Crippen LogP contribution in [0.15, 0.2) is 66.7 Å². The van der Waals surface area contributed by atoms with Gasteiger partial charge in [0.05, 0.1) is 19.3 Å². The Labute approximate surface area is 253 Å². The molecule has 4 nitrogen and oxygen atoms in total. The van der Waals surface area contributed by atoms with Gasteiger partial charge >= 0.3 is 0 Å². The lowest BCUT2D eigenvalue weighted by Gasteiger charge is -2.32. The van der Waals surface area contributed by atoms with Gasteiger partial charge in [0.2, 0.25) is 5.82 Å². The van der Waals surface area contributed by atoms with Crippen molar-refractivity contribution in [3.8, 4) is 28.0 Å². The summed E-state index contributed by atoms with van der Waals surface area (Å²) in [6, 6.07) is 14.6. The second kappa shape index (κ2) is 16.6. The number of aliphatic hydroxyl groups excluding tert-OH is 1. The van der Waals surface area contributed by atoms with Gasteiger partial charge < -0.3 is 19.3 Å². The van der Waals surface area contributed by atoms with E-state index in [0.717, 1.165) is 24.8 Å². The summed E-state index contributed by atoms with van der Waals surface area (Å²) in [7, 11) is 0. The van der Waals surface area contributed by atoms with Gasteiger partial charge in [-0.3, -0.25) is 0 Å². The van der Waals surface area contributed by atoms with Crippen LogP contribution in [0, 0.1) is 23.4 Å². The van der Waals surface area contributed by atoms with Crippen LogP contribution in [-0.2, 0) is 9.47 Å². The Balaban J connectivity index is 1.33. The molecule has 1 aliphatic rings. The van der Waals surface area contributed by atoms with E-state index in [1.165, 1.54) is 43.9 Å². The zero-order chi connectivity index (χ0) is 30.6. The first-order valence-electron chi connectivity index (χ1n) is 15.5. The van der Waals surface area contributed by atoms with E-state index in [1.54, 1.807) is 42.5 Å². The van der Waals surface area contributed by atoms with Crippen LogP contribution in [0.5, 0.6) is 5.75 Å². The third-order valence-electron chi connectivity index (χ3n) is 7.89. The van der Waals surface area contributed by atoms with Gasteiger partial charge in [0.1, 0.15) is 12.4 Å². The SMILES string of the molecule is CC/C=C/COc1ccc(-c2ccc(-c3ccc(C4OCC(C(O)CCCCCCCC)CO4)c(F)c3)cc2)c(F)c1F. The fourth-order valence-electron chi connectivity index (χ4n) is 5.27. The summed E-state index contributed by atoms with van der Waals surface area (Å²) in [5, 5.41) is 10.6. The molecule has 0 radical (unpaired) electrons. The van der Waals surface area contributed by atoms with Crippen molar-refractivity contribution >= 4 is 0 Å². The zero-order valence-electron chi connectivity index (χ0n) is 25.2. The fraction of sp³-hybridized carbons (Fsp3) is 0.444. The molecule has 1 unspecified atom stereocenters. The van der Waals surface area contributed by atoms with Gasteiger partial charge in [0.15, 0.2) is 17.9 Å². The van der Waals surface area contributed by atoms with Gasteiger partial charge in [-0.1, -0.05) is 101 Å². The summed E-state index contributed by atoms with van der Waals surface area (Å²) in [5.74, 6) is -2.74. The lowest BCUT2D eigenvalue weighted by atomic mass is 9.97. The Morgan fingerprint density at radius 2 is 1.49 bits per heavy atom. The average Bonchev–Trinajstić information content (AvgIpc) is 3.03. The number of rotatable bonds is 15. The Bertz CT molecular complexity index is 1320. The average molecular weight is 597 g/mol. The van der Waals surface area contributed by atoms with Crippen LogP contribution in [0.2, 0.25) is 0 Å². The van der Waals surface area contributed by atoms with Crippen molar-refractivity contribution in [2.75, 3.05) is 19.8 Å². The van der Waals surface area contributed by atoms with Crippen LogP contribution in [0.25, 0.3) is 22.3 Å². The lowest BCUT2D eigenvalue weighted by Crippen LogP contribution is -2.35. The van der Waals surface area contributed by atoms with E-state index in [0.29, 0.717) is 36.3 Å². The minimum absolute atomic E-state index is 0.115. The quantitative estimate of drug-likeness (QED) is 0.140. The predicted molar refractivity (Wildman–Crippen MR) is 164 cm³/mol. The number of hydrogen-bond donors (Lipinski definition) is 1. The molecule has 4 rings (SSSR count). The molecule has 1 heterocycles. The Morgan fingerprint density at radius 1 is 0.814 bits per heavy atom. The van der Waals surface area contributed by atoms with Gasteiger partial charge in [-0.15, -0.1) is 0 Å². The molecule has 3 aromatic carbocycles. The largest absolute Gasteiger partial charge is 0.486 e. The first kappa shape index (κ1) is 32.8. The summed E-state index contributed by atoms with van der Waals surface area (Å²) in [6.07, 6.45) is 10.9. The van der Waals surface area contributed by atoms with Gasteiger partial charge in [0, 0.05) is 17.0 Å². The zero-order valence-corrected chi connectivity index (χ0v) is 25.2. The summed E-state index contributed by atoms with van der Waals surface area (Å²) in [6.45, 7) is 4.95. The highest BCUT2D eigenvalue weighted by Gasteiger charge is 2.30. The topological polar surface area (TPSA) is 47.9 Å². The fourth-order valence-corrected chi connectivity index (χ4v) is 5.27. The maximum atomic E-state index is 15.2. The first-order chi connectivity index (χ1) is 20.9. The molecule has 0 amide bonds. The van der Waals surface area contributed by atoms with Crippen LogP contribution in [0.3, 0.4) is 0 Å². The van der Waals surface area contributed by atoms with Crippen molar-refractivity contribution < 1.29 is 32.5 Å². The minimum atomic E-state index is -1.03. The van der Waals surface area contributed by atoms with E-state index in [4.69, 9.17) is 14.2 Å². The van der Waals surface area contributed by atoms with Crippen molar-refractivity contribution in [2.45, 2.75) is 77.6 Å². The second-order valence-corrected chi connectivity index (χ2v) is 11.1. The molecule has 232 valence electrons. The van der Waals surface area contributed by atoms with Crippen molar-refractivity contribution in [3.63, 3.8) is 0 Å². The van der Waals surface area contributed by atoms with E-state index < -0.39 is 29.8 Å². The molecule has 7 heteroatoms. The third-order valence-corrected chi connectivity index (χ3v) is 7.89. The molecular formula is C36H43F3O4. The van der Waals surface area contributed by atoms with Crippen molar-refractivity contribution in [1.82, 2.24) is 0 Å². The van der Waals surface area contributed by atoms with Crippen LogP contribution >= 0.6 is 0 Å². The molecule has 0 saturated carbocycles. The molecular weight excluding hydrogens is 553 g/mol. The molecule has 1 N–H and O–H groups in total. The van der Waals surface area contributed by atoms with Crippen molar-refractivity contribution in [3.05, 3.63) is 89.8 Å². The summed E-state index contributed by atoms with van der Waals surface area (Å²) >= 11 is 0. The maximum Gasteiger partial charge on any atom is 0.201 e. The highest BCUT2D eigenvalue weighted by atomic mass is 19.2. The van der Waals surface area contributed by atoms with E-state index >= 15 is 4.39 Å². The van der Waals surface area contributed by atoms with Crippen LogP contribution < -0.4 is 4.74 Å². The monoisotopic (exact) mass is 596 g/mol. The van der Waals surface area contributed by atoms with Crippen LogP contribution in [-0.4, -0.2) is 31.0 Å². The first-order valence-corrected chi connectivity index (χ1v) is 15.5. The van der Waals surface area contributed by atoms with E-state index in [1.807, 2.05) is 13.0 Å². The molecule has 3 aromatic rings. The summed E-state index contributed by atoms with van der Waals surface area (Å²) in [4.78, 5) is 0. The maximum absolute atomic E-state index is 15.2. The number of hydrogen-bond acceptors (Lipinski definition) is 4. The van der Waals surface area contributed by atoms with Gasteiger partial charge in [-0.25, -0.2) is 8.78 Å². The molecule has 0 aromatic heterocycles. The second-order valence-electron chi connectivity index (χ2n) is 11.1. The minimum Gasteiger partial charge on any atom is -0.486 e. The van der Waals surface area contributed by atoms with Crippen molar-refractivity contribution in [1.29, 1.82) is 0 Å². The molecule has 1 atom stereocenters. The smallest absolute Gasteiger partial charge is 0.201 e. The lowest BCUT2D eigenvalue weighted by molar-refractivity contribution is -0.220. The highest BCUT2D eigenvalue weighted by Crippen LogP contribution is 2.34. The molecule has 1 saturated heterocycles. The standard InChI is InChI=1S/C36H43F3O4/c1-3-5-7-8-9-10-12-32(40)28-23-42-36(43-24-28)30-18-17-27(22-31(30)37)25-13-15-26(16-14-25)29-19-20-33(35(39)34(29)38)41-21-11-6-4-2/h6,11,13-20,22,28,32,36,40H,3-5,7-10,12,21,23-24H2,1-2H3/b11-6+. The Morgan fingerprint density at radius 3 is 2.19 bits per heavy atom. The van der Waals surface area contributed by atoms with Crippen molar-refractivity contribution in [2.24, 2.45) is 5.92 Å². The van der Waals surface area contributed by atoms with E-state index in [9.17, 15) is 13.9 Å². The third kappa shape index (κ3) is 8.94. The van der Waals surface area contributed by atoms with Crippen LogP contribution in [0.1, 0.15) is 77.1 Å². The number of halogens is 3. The molecule has 0 aliphatic carbocycles. The van der Waals surface area contributed by atoms with Gasteiger partial charge in [-0.05, 0) is 47.7 Å². The van der Waals surface area contributed by atoms with Crippen LogP contribution in [0.4, 0.5) is 13.2 Å². The summed E-state index contributed by atoms with van der Waals surface area (Å²) in [5.41, 5.74) is 2.26. The number of allylic oxidation sites excluding steroid dienone is 1. The Hall–Kier alpha value is -3.13. The number of benzene rings is 3. The molecule has 43 heavy (non-hydrogen) atoms. The highest BCUT2D eigenvalue weighted by molar-refractivity contribution is 5.71. The van der Waals surface area contributed by atoms with Gasteiger partial charge in [0.25, 0.3) is 0 Å². The normalized spacial score (nSPS) is 17.8. The number of ether oxygens (including phenoxy) is 3. The predicted octanol–water partition coefficient (Wildman–Crippen LogP) is 9.56. The number of unbranched alkanes of at least 4 members (excludes halogenated alkanes) is 5. The van der Waals surface area contributed by atoms with E-state index in [-0.39, 0.29) is 23.8 Å². The summed E-state index contributed by atoms with van der Waals surface area (Å²) < 4.78 is 61.5.